The van der Waals surface area contributed by atoms with Gasteiger partial charge in [0.2, 0.25) is 5.91 Å². The highest BCUT2D eigenvalue weighted by Crippen LogP contribution is 2.28. The van der Waals surface area contributed by atoms with Crippen LogP contribution in [0.5, 0.6) is 0 Å². The molecule has 1 fully saturated rings. The fourth-order valence-corrected chi connectivity index (χ4v) is 2.25. The Morgan fingerprint density at radius 1 is 1.43 bits per heavy atom. The second kappa shape index (κ2) is 6.09. The van der Waals surface area contributed by atoms with Crippen LogP contribution in [0.3, 0.4) is 0 Å². The van der Waals surface area contributed by atoms with E-state index >= 15 is 0 Å². The number of carbonyl (C=O) groups excluding carboxylic acids is 1. The number of benzene rings is 1. The van der Waals surface area contributed by atoms with E-state index in [1.807, 2.05) is 0 Å². The smallest absolute Gasteiger partial charge is 0.323 e. The van der Waals surface area contributed by atoms with E-state index < -0.39 is 10.9 Å². The molecule has 1 aliphatic carbocycles. The molecule has 1 N–H and O–H groups in total. The molecule has 1 aromatic rings. The van der Waals surface area contributed by atoms with Crippen molar-refractivity contribution in [2.75, 3.05) is 6.54 Å². The summed E-state index contributed by atoms with van der Waals surface area (Å²) in [5.74, 6) is -1.40. The maximum absolute atomic E-state index is 12.2. The third kappa shape index (κ3) is 3.91. The van der Waals surface area contributed by atoms with Gasteiger partial charge in [-0.2, -0.15) is 0 Å². The van der Waals surface area contributed by atoms with Gasteiger partial charge in [0.05, 0.1) is 16.4 Å². The zero-order valence-corrected chi connectivity index (χ0v) is 11.7. The van der Waals surface area contributed by atoms with Crippen LogP contribution in [0.1, 0.15) is 18.4 Å². The molecule has 0 spiro atoms. The molecule has 1 saturated carbocycles. The Hall–Kier alpha value is -2.15. The van der Waals surface area contributed by atoms with Crippen LogP contribution in [0.25, 0.3) is 0 Å². The van der Waals surface area contributed by atoms with Crippen LogP contribution in [0.4, 0.5) is 5.69 Å². The van der Waals surface area contributed by atoms with Crippen molar-refractivity contribution < 1.29 is 19.6 Å². The SMILES string of the molecule is O=C(O)CN(C(=O)Cc1ccc([N+](=O)[O-])cc1Cl)C1CC1. The number of carboxylic acids is 1. The van der Waals surface area contributed by atoms with Crippen molar-refractivity contribution in [2.45, 2.75) is 25.3 Å². The quantitative estimate of drug-likeness (QED) is 0.638. The summed E-state index contributed by atoms with van der Waals surface area (Å²) in [6, 6.07) is 3.85. The summed E-state index contributed by atoms with van der Waals surface area (Å²) in [6.07, 6.45) is 1.53. The predicted octanol–water partition coefficient (Wildman–Crippen LogP) is 1.87. The summed E-state index contributed by atoms with van der Waals surface area (Å²) < 4.78 is 0. The zero-order chi connectivity index (χ0) is 15.6. The molecule has 0 radical (unpaired) electrons. The Balaban J connectivity index is 2.11. The van der Waals surface area contributed by atoms with E-state index in [9.17, 15) is 19.7 Å². The Morgan fingerprint density at radius 3 is 2.57 bits per heavy atom. The number of rotatable bonds is 6. The molecule has 0 aliphatic heterocycles. The van der Waals surface area contributed by atoms with Gasteiger partial charge in [0.25, 0.3) is 5.69 Å². The number of carboxylic acid groups (broad SMARTS) is 1. The van der Waals surface area contributed by atoms with Crippen LogP contribution in [-0.2, 0) is 16.0 Å². The largest absolute Gasteiger partial charge is 0.480 e. The summed E-state index contributed by atoms with van der Waals surface area (Å²) in [5, 5.41) is 19.6. The lowest BCUT2D eigenvalue weighted by atomic mass is 10.1. The van der Waals surface area contributed by atoms with E-state index in [1.54, 1.807) is 0 Å². The average molecular weight is 313 g/mol. The lowest BCUT2D eigenvalue weighted by Crippen LogP contribution is -2.38. The van der Waals surface area contributed by atoms with Crippen LogP contribution in [0.15, 0.2) is 18.2 Å². The minimum Gasteiger partial charge on any atom is -0.480 e. The van der Waals surface area contributed by atoms with Crippen LogP contribution in [-0.4, -0.2) is 39.4 Å². The maximum atomic E-state index is 12.2. The molecule has 0 atom stereocenters. The molecular weight excluding hydrogens is 300 g/mol. The second-order valence-corrected chi connectivity index (χ2v) is 5.26. The van der Waals surface area contributed by atoms with Gasteiger partial charge in [0.15, 0.2) is 0 Å². The van der Waals surface area contributed by atoms with Crippen LogP contribution in [0.2, 0.25) is 5.02 Å². The molecule has 0 saturated heterocycles. The number of carbonyl (C=O) groups is 2. The number of nitro benzene ring substituents is 1. The Morgan fingerprint density at radius 2 is 2.10 bits per heavy atom. The molecular formula is C13H13ClN2O5. The van der Waals surface area contributed by atoms with Crippen molar-refractivity contribution in [1.29, 1.82) is 0 Å². The standard InChI is InChI=1S/C13H13ClN2O5/c14-11-6-10(16(20)21)2-1-8(11)5-12(17)15(7-13(18)19)9-3-4-9/h1-2,6,9H,3-5,7H2,(H,18,19). The second-order valence-electron chi connectivity index (χ2n) is 4.86. The van der Waals surface area contributed by atoms with Gasteiger partial charge in [-0.3, -0.25) is 19.7 Å². The van der Waals surface area contributed by atoms with E-state index in [0.717, 1.165) is 12.8 Å². The number of non-ortho nitro benzene ring substituents is 1. The van der Waals surface area contributed by atoms with Gasteiger partial charge < -0.3 is 10.0 Å². The molecule has 1 amide bonds. The first-order chi connectivity index (χ1) is 9.88. The van der Waals surface area contributed by atoms with Gasteiger partial charge in [-0.05, 0) is 18.4 Å². The molecule has 7 nitrogen and oxygen atoms in total. The van der Waals surface area contributed by atoms with Gasteiger partial charge in [-0.25, -0.2) is 0 Å². The van der Waals surface area contributed by atoms with Crippen molar-refractivity contribution in [1.82, 2.24) is 4.90 Å². The highest BCUT2D eigenvalue weighted by Gasteiger charge is 2.33. The highest BCUT2D eigenvalue weighted by atomic mass is 35.5. The van der Waals surface area contributed by atoms with Gasteiger partial charge in [0, 0.05) is 18.2 Å². The number of hydrogen-bond donors (Lipinski definition) is 1. The number of aliphatic carboxylic acids is 1. The minimum absolute atomic E-state index is 0.0228. The minimum atomic E-state index is -1.06. The lowest BCUT2D eigenvalue weighted by Gasteiger charge is -2.20. The van der Waals surface area contributed by atoms with E-state index in [-0.39, 0.29) is 35.6 Å². The Labute approximate surface area is 125 Å². The number of halogens is 1. The molecule has 21 heavy (non-hydrogen) atoms. The van der Waals surface area contributed by atoms with Crippen LogP contribution >= 0.6 is 11.6 Å². The fourth-order valence-electron chi connectivity index (χ4n) is 2.01. The summed E-state index contributed by atoms with van der Waals surface area (Å²) >= 11 is 5.93. The number of amides is 1. The molecule has 1 aliphatic rings. The van der Waals surface area contributed by atoms with E-state index in [2.05, 4.69) is 0 Å². The van der Waals surface area contributed by atoms with E-state index in [4.69, 9.17) is 16.7 Å². The van der Waals surface area contributed by atoms with Crippen molar-refractivity contribution in [3.8, 4) is 0 Å². The number of nitro groups is 1. The number of nitrogens with zero attached hydrogens (tertiary/aromatic N) is 2. The fraction of sp³-hybridized carbons (Fsp3) is 0.385. The average Bonchev–Trinajstić information content (AvgIpc) is 3.22. The predicted molar refractivity (Wildman–Crippen MR) is 74.2 cm³/mol. The Kier molecular flexibility index (Phi) is 4.42. The lowest BCUT2D eigenvalue weighted by molar-refractivity contribution is -0.384. The monoisotopic (exact) mass is 312 g/mol. The first kappa shape index (κ1) is 15.2. The van der Waals surface area contributed by atoms with Crippen LogP contribution < -0.4 is 0 Å². The molecule has 0 aromatic heterocycles. The first-order valence-electron chi connectivity index (χ1n) is 6.32. The molecule has 0 heterocycles. The van der Waals surface area contributed by atoms with Gasteiger partial charge in [0.1, 0.15) is 6.54 Å². The van der Waals surface area contributed by atoms with Crippen molar-refractivity contribution in [2.24, 2.45) is 0 Å². The summed E-state index contributed by atoms with van der Waals surface area (Å²) in [6.45, 7) is -0.339. The van der Waals surface area contributed by atoms with E-state index in [1.165, 1.54) is 23.1 Å². The Bertz CT molecular complexity index is 600. The van der Waals surface area contributed by atoms with Crippen molar-refractivity contribution >= 4 is 29.2 Å². The third-order valence-corrected chi connectivity index (χ3v) is 3.55. The summed E-state index contributed by atoms with van der Waals surface area (Å²) in [7, 11) is 0. The molecule has 0 bridgehead atoms. The molecule has 112 valence electrons. The normalized spacial score (nSPS) is 13.8. The van der Waals surface area contributed by atoms with Gasteiger partial charge >= 0.3 is 5.97 Å². The first-order valence-corrected chi connectivity index (χ1v) is 6.70. The van der Waals surface area contributed by atoms with Gasteiger partial charge in [-0.15, -0.1) is 0 Å². The molecule has 0 unspecified atom stereocenters. The number of hydrogen-bond acceptors (Lipinski definition) is 4. The summed E-state index contributed by atoms with van der Waals surface area (Å²) in [5.41, 5.74) is 0.295. The van der Waals surface area contributed by atoms with Gasteiger partial charge in [-0.1, -0.05) is 17.7 Å². The topological polar surface area (TPSA) is 101 Å². The highest BCUT2D eigenvalue weighted by molar-refractivity contribution is 6.31. The molecule has 8 heteroatoms. The molecule has 2 rings (SSSR count). The van der Waals surface area contributed by atoms with Crippen LogP contribution in [0, 0.1) is 10.1 Å². The third-order valence-electron chi connectivity index (χ3n) is 3.20. The maximum Gasteiger partial charge on any atom is 0.323 e. The van der Waals surface area contributed by atoms with Crippen molar-refractivity contribution in [3.05, 3.63) is 38.9 Å². The summed E-state index contributed by atoms with van der Waals surface area (Å²) in [4.78, 5) is 34.3. The van der Waals surface area contributed by atoms with Crippen molar-refractivity contribution in [3.63, 3.8) is 0 Å². The zero-order valence-electron chi connectivity index (χ0n) is 11.0. The molecule has 1 aromatic carbocycles. The van der Waals surface area contributed by atoms with E-state index in [0.29, 0.717) is 5.56 Å².